The molecule has 21 heavy (non-hydrogen) atoms. The average Bonchev–Trinajstić information content (AvgIpc) is 3.07. The Hall–Kier alpha value is -1.15. The van der Waals surface area contributed by atoms with Crippen molar-refractivity contribution >= 4 is 17.2 Å². The predicted molar refractivity (Wildman–Crippen MR) is 74.0 cm³/mol. The Morgan fingerprint density at radius 1 is 1.62 bits per heavy atom. The van der Waals surface area contributed by atoms with Crippen molar-refractivity contribution in [3.8, 4) is 0 Å². The van der Waals surface area contributed by atoms with E-state index in [1.165, 1.54) is 11.3 Å². The molecule has 4 nitrogen and oxygen atoms in total. The molecule has 0 bridgehead atoms. The lowest BCUT2D eigenvalue weighted by molar-refractivity contribution is -0.216. The first-order valence-electron chi connectivity index (χ1n) is 6.83. The molecule has 1 aromatic heterocycles. The van der Waals surface area contributed by atoms with E-state index in [4.69, 9.17) is 0 Å². The van der Waals surface area contributed by atoms with E-state index < -0.39 is 23.5 Å². The van der Waals surface area contributed by atoms with Crippen LogP contribution in [0.1, 0.15) is 36.2 Å². The van der Waals surface area contributed by atoms with Crippen molar-refractivity contribution in [2.75, 3.05) is 13.1 Å². The van der Waals surface area contributed by atoms with Gasteiger partial charge in [-0.15, -0.1) is 11.3 Å². The molecule has 0 aliphatic carbocycles. The lowest BCUT2D eigenvalue weighted by atomic mass is 9.85. The van der Waals surface area contributed by atoms with Crippen LogP contribution in [0.4, 0.5) is 13.2 Å². The summed E-state index contributed by atoms with van der Waals surface area (Å²) in [5, 5.41) is 5.73. The fraction of sp³-hybridized carbons (Fsp3) is 0.692. The van der Waals surface area contributed by atoms with E-state index in [1.54, 1.807) is 13.1 Å². The Morgan fingerprint density at radius 3 is 2.81 bits per heavy atom. The van der Waals surface area contributed by atoms with Crippen LogP contribution in [0.3, 0.4) is 0 Å². The maximum Gasteiger partial charge on any atom is 0.404 e. The summed E-state index contributed by atoms with van der Waals surface area (Å²) in [6, 6.07) is -0.525. The standard InChI is InChI=1S/C13H18F3N3OS/c1-3-9-6-18-10(21-9)8(2)19-11(20)12(13(14,15)16)4-5-17-7-12/h6,8,17H,3-5,7H2,1-2H3,(H,19,20). The van der Waals surface area contributed by atoms with Gasteiger partial charge in [-0.3, -0.25) is 4.79 Å². The van der Waals surface area contributed by atoms with Gasteiger partial charge in [-0.25, -0.2) is 4.98 Å². The number of amides is 1. The molecule has 1 aliphatic rings. The number of halogens is 3. The van der Waals surface area contributed by atoms with Crippen molar-refractivity contribution in [2.45, 2.75) is 38.9 Å². The van der Waals surface area contributed by atoms with Crippen LogP contribution in [0.15, 0.2) is 6.20 Å². The number of hydrogen-bond donors (Lipinski definition) is 2. The third-order valence-corrected chi connectivity index (χ3v) is 5.09. The summed E-state index contributed by atoms with van der Waals surface area (Å²) in [6.45, 7) is 3.46. The topological polar surface area (TPSA) is 54.0 Å². The van der Waals surface area contributed by atoms with E-state index in [-0.39, 0.29) is 19.5 Å². The zero-order valence-corrected chi connectivity index (χ0v) is 12.7. The molecule has 8 heteroatoms. The largest absolute Gasteiger partial charge is 0.404 e. The summed E-state index contributed by atoms with van der Waals surface area (Å²) >= 11 is 1.41. The molecule has 1 fully saturated rings. The van der Waals surface area contributed by atoms with Crippen molar-refractivity contribution in [3.63, 3.8) is 0 Å². The fourth-order valence-corrected chi connectivity index (χ4v) is 3.20. The normalized spacial score (nSPS) is 24.0. The predicted octanol–water partition coefficient (Wildman–Crippen LogP) is 2.42. The van der Waals surface area contributed by atoms with Crippen molar-refractivity contribution in [1.82, 2.24) is 15.6 Å². The van der Waals surface area contributed by atoms with E-state index in [0.29, 0.717) is 5.01 Å². The molecule has 0 spiro atoms. The number of alkyl halides is 3. The van der Waals surface area contributed by atoms with Crippen LogP contribution in [-0.4, -0.2) is 30.2 Å². The van der Waals surface area contributed by atoms with Crippen LogP contribution in [-0.2, 0) is 11.2 Å². The van der Waals surface area contributed by atoms with Crippen molar-refractivity contribution in [3.05, 3.63) is 16.1 Å². The lowest BCUT2D eigenvalue weighted by Crippen LogP contribution is -2.52. The van der Waals surface area contributed by atoms with Gasteiger partial charge in [0.25, 0.3) is 0 Å². The molecule has 1 amide bonds. The molecule has 0 radical (unpaired) electrons. The molecular formula is C13H18F3N3OS. The number of nitrogens with one attached hydrogen (secondary N) is 2. The van der Waals surface area contributed by atoms with Crippen LogP contribution >= 0.6 is 11.3 Å². The van der Waals surface area contributed by atoms with E-state index in [2.05, 4.69) is 15.6 Å². The SMILES string of the molecule is CCc1cnc(C(C)NC(=O)C2(C(F)(F)F)CCNC2)s1. The maximum absolute atomic E-state index is 13.3. The van der Waals surface area contributed by atoms with Crippen LogP contribution < -0.4 is 10.6 Å². The van der Waals surface area contributed by atoms with E-state index in [1.807, 2.05) is 6.92 Å². The first-order chi connectivity index (χ1) is 9.80. The summed E-state index contributed by atoms with van der Waals surface area (Å²) in [4.78, 5) is 17.4. The number of nitrogens with zero attached hydrogens (tertiary/aromatic N) is 1. The first kappa shape index (κ1) is 16.2. The molecule has 118 valence electrons. The summed E-state index contributed by atoms with van der Waals surface area (Å²) in [5.41, 5.74) is -2.33. The van der Waals surface area contributed by atoms with E-state index in [9.17, 15) is 18.0 Å². The van der Waals surface area contributed by atoms with Crippen LogP contribution in [0.2, 0.25) is 0 Å². The van der Waals surface area contributed by atoms with Crippen molar-refractivity contribution in [1.29, 1.82) is 0 Å². The average molecular weight is 321 g/mol. The summed E-state index contributed by atoms with van der Waals surface area (Å²) in [5.74, 6) is -0.972. The Balaban J connectivity index is 2.12. The fourth-order valence-electron chi connectivity index (χ4n) is 2.34. The third kappa shape index (κ3) is 3.06. The van der Waals surface area contributed by atoms with Crippen LogP contribution in [0, 0.1) is 5.41 Å². The number of carbonyl (C=O) groups excluding carboxylic acids is 1. The number of rotatable bonds is 4. The number of thiazole rings is 1. The van der Waals surface area contributed by atoms with E-state index >= 15 is 0 Å². The lowest BCUT2D eigenvalue weighted by Gasteiger charge is -2.30. The Kier molecular flexibility index (Phi) is 4.57. The molecule has 0 saturated carbocycles. The van der Waals surface area contributed by atoms with Gasteiger partial charge >= 0.3 is 6.18 Å². The maximum atomic E-state index is 13.3. The second-order valence-electron chi connectivity index (χ2n) is 5.22. The van der Waals surface area contributed by atoms with Crippen LogP contribution in [0.25, 0.3) is 0 Å². The highest BCUT2D eigenvalue weighted by Gasteiger charge is 2.61. The van der Waals surface area contributed by atoms with Gasteiger partial charge in [0.2, 0.25) is 5.91 Å². The highest BCUT2D eigenvalue weighted by atomic mass is 32.1. The van der Waals surface area contributed by atoms with Crippen LogP contribution in [0.5, 0.6) is 0 Å². The second kappa shape index (κ2) is 5.92. The Bertz CT molecular complexity index is 509. The zero-order chi connectivity index (χ0) is 15.7. The number of hydrogen-bond acceptors (Lipinski definition) is 4. The number of aromatic nitrogens is 1. The molecule has 1 aliphatic heterocycles. The second-order valence-corrected chi connectivity index (χ2v) is 6.37. The summed E-state index contributed by atoms with van der Waals surface area (Å²) in [6.07, 6.45) is -2.28. The molecule has 2 N–H and O–H groups in total. The number of aryl methyl sites for hydroxylation is 1. The zero-order valence-electron chi connectivity index (χ0n) is 11.9. The smallest absolute Gasteiger partial charge is 0.346 e. The Morgan fingerprint density at radius 2 is 2.33 bits per heavy atom. The van der Waals surface area contributed by atoms with Gasteiger partial charge in [0.15, 0.2) is 5.41 Å². The minimum absolute atomic E-state index is 0.193. The van der Waals surface area contributed by atoms with Gasteiger partial charge in [0.1, 0.15) is 5.01 Å². The third-order valence-electron chi connectivity index (χ3n) is 3.77. The summed E-state index contributed by atoms with van der Waals surface area (Å²) < 4.78 is 39.8. The van der Waals surface area contributed by atoms with Gasteiger partial charge in [-0.1, -0.05) is 6.92 Å². The van der Waals surface area contributed by atoms with Crippen molar-refractivity contribution < 1.29 is 18.0 Å². The molecule has 2 rings (SSSR count). The molecule has 2 atom stereocenters. The molecule has 2 heterocycles. The van der Waals surface area contributed by atoms with Gasteiger partial charge in [0, 0.05) is 17.6 Å². The molecule has 1 saturated heterocycles. The monoisotopic (exact) mass is 321 g/mol. The van der Waals surface area contributed by atoms with Gasteiger partial charge in [-0.05, 0) is 26.3 Å². The van der Waals surface area contributed by atoms with E-state index in [0.717, 1.165) is 11.3 Å². The highest BCUT2D eigenvalue weighted by Crippen LogP contribution is 2.43. The molecule has 0 aromatic carbocycles. The molecular weight excluding hydrogens is 303 g/mol. The van der Waals surface area contributed by atoms with Gasteiger partial charge in [0.05, 0.1) is 6.04 Å². The molecule has 1 aromatic rings. The minimum atomic E-state index is -4.56. The molecule has 2 unspecified atom stereocenters. The highest BCUT2D eigenvalue weighted by molar-refractivity contribution is 7.11. The first-order valence-corrected chi connectivity index (χ1v) is 7.65. The van der Waals surface area contributed by atoms with Gasteiger partial charge < -0.3 is 10.6 Å². The number of carbonyl (C=O) groups is 1. The Labute approximate surface area is 125 Å². The quantitative estimate of drug-likeness (QED) is 0.895. The van der Waals surface area contributed by atoms with Crippen molar-refractivity contribution in [2.24, 2.45) is 5.41 Å². The minimum Gasteiger partial charge on any atom is -0.346 e. The summed E-state index contributed by atoms with van der Waals surface area (Å²) in [7, 11) is 0. The van der Waals surface area contributed by atoms with Gasteiger partial charge in [-0.2, -0.15) is 13.2 Å².